The molecule has 0 radical (unpaired) electrons. The highest BCUT2D eigenvalue weighted by molar-refractivity contribution is 5.78. The molecule has 0 unspecified atom stereocenters. The number of aliphatic imine (C=N–C) groups is 1. The van der Waals surface area contributed by atoms with Gasteiger partial charge in [-0.3, -0.25) is 0 Å². The Morgan fingerprint density at radius 1 is 1.04 bits per heavy atom. The van der Waals surface area contributed by atoms with Crippen LogP contribution in [-0.4, -0.2) is 67.9 Å². The molecular weight excluding hydrogens is 310 g/mol. The molecule has 0 aromatic carbocycles. The van der Waals surface area contributed by atoms with Gasteiger partial charge in [0.15, 0.2) is 5.90 Å². The van der Waals surface area contributed by atoms with Gasteiger partial charge >= 0.3 is 0 Å². The minimum absolute atomic E-state index is 0.0170. The number of hydrogen-bond donors (Lipinski definition) is 2. The van der Waals surface area contributed by atoms with Gasteiger partial charge in [-0.2, -0.15) is 0 Å². The standard InChI is InChI=1S/C18H33NO5/c1-2-3-4-5-6-7-8-9-17-19-18(16-24-17,14-22-12-10-20)15-23-13-11-21/h2,20-21H,1,3-16H2. The van der Waals surface area contributed by atoms with E-state index in [1.807, 2.05) is 6.08 Å². The van der Waals surface area contributed by atoms with Gasteiger partial charge in [0.05, 0.1) is 39.6 Å². The van der Waals surface area contributed by atoms with E-state index in [0.29, 0.717) is 19.8 Å². The lowest BCUT2D eigenvalue weighted by molar-refractivity contribution is -0.00334. The fourth-order valence-corrected chi connectivity index (χ4v) is 2.61. The van der Waals surface area contributed by atoms with Crippen LogP contribution in [-0.2, 0) is 14.2 Å². The second-order valence-electron chi connectivity index (χ2n) is 6.17. The van der Waals surface area contributed by atoms with Crippen molar-refractivity contribution in [3.63, 3.8) is 0 Å². The molecule has 6 nitrogen and oxygen atoms in total. The van der Waals surface area contributed by atoms with Gasteiger partial charge in [0.2, 0.25) is 0 Å². The van der Waals surface area contributed by atoms with Gasteiger partial charge in [-0.1, -0.05) is 25.3 Å². The molecule has 140 valence electrons. The Hall–Kier alpha value is -0.950. The molecule has 1 aliphatic heterocycles. The quantitative estimate of drug-likeness (QED) is 0.331. The number of allylic oxidation sites excluding steroid dienone is 1. The third-order valence-electron chi connectivity index (χ3n) is 3.88. The van der Waals surface area contributed by atoms with E-state index < -0.39 is 5.54 Å². The van der Waals surface area contributed by atoms with Crippen molar-refractivity contribution in [2.45, 2.75) is 50.5 Å². The lowest BCUT2D eigenvalue weighted by atomic mass is 10.1. The van der Waals surface area contributed by atoms with Gasteiger partial charge < -0.3 is 24.4 Å². The highest BCUT2D eigenvalue weighted by Gasteiger charge is 2.37. The Morgan fingerprint density at radius 3 is 2.29 bits per heavy atom. The molecule has 0 amide bonds. The number of ether oxygens (including phenoxy) is 3. The van der Waals surface area contributed by atoms with Gasteiger partial charge in [-0.05, 0) is 19.3 Å². The molecule has 0 spiro atoms. The summed E-state index contributed by atoms with van der Waals surface area (Å²) in [5, 5.41) is 17.7. The van der Waals surface area contributed by atoms with E-state index >= 15 is 0 Å². The first-order valence-corrected chi connectivity index (χ1v) is 8.96. The third-order valence-corrected chi connectivity index (χ3v) is 3.88. The summed E-state index contributed by atoms with van der Waals surface area (Å²) in [6, 6.07) is 0. The summed E-state index contributed by atoms with van der Waals surface area (Å²) in [6.45, 7) is 5.38. The Labute approximate surface area is 145 Å². The van der Waals surface area contributed by atoms with Crippen LogP contribution < -0.4 is 0 Å². The summed E-state index contributed by atoms with van der Waals surface area (Å²) in [6.07, 6.45) is 9.83. The van der Waals surface area contributed by atoms with Crippen LogP contribution in [0.2, 0.25) is 0 Å². The number of rotatable bonds is 16. The van der Waals surface area contributed by atoms with Crippen LogP contribution in [0.3, 0.4) is 0 Å². The van der Waals surface area contributed by atoms with Gasteiger partial charge in [0.1, 0.15) is 12.1 Å². The van der Waals surface area contributed by atoms with Gasteiger partial charge in [0, 0.05) is 6.42 Å². The first-order valence-electron chi connectivity index (χ1n) is 8.96. The van der Waals surface area contributed by atoms with Crippen molar-refractivity contribution in [3.05, 3.63) is 12.7 Å². The minimum atomic E-state index is -0.552. The molecule has 1 rings (SSSR count). The molecule has 0 bridgehead atoms. The van der Waals surface area contributed by atoms with Crippen molar-refractivity contribution in [1.29, 1.82) is 0 Å². The Kier molecular flexibility index (Phi) is 11.7. The monoisotopic (exact) mass is 343 g/mol. The molecule has 0 saturated carbocycles. The molecule has 0 aliphatic carbocycles. The molecule has 0 saturated heterocycles. The smallest absolute Gasteiger partial charge is 0.184 e. The maximum absolute atomic E-state index is 8.85. The lowest BCUT2D eigenvalue weighted by Gasteiger charge is -2.23. The second kappa shape index (κ2) is 13.4. The first kappa shape index (κ1) is 21.1. The zero-order chi connectivity index (χ0) is 17.5. The van der Waals surface area contributed by atoms with Crippen LogP contribution in [0.1, 0.15) is 44.9 Å². The van der Waals surface area contributed by atoms with Crippen LogP contribution in [0, 0.1) is 0 Å². The summed E-state index contributed by atoms with van der Waals surface area (Å²) in [5.41, 5.74) is -0.552. The van der Waals surface area contributed by atoms with Crippen molar-refractivity contribution in [1.82, 2.24) is 0 Å². The van der Waals surface area contributed by atoms with Crippen molar-refractivity contribution in [2.24, 2.45) is 4.99 Å². The van der Waals surface area contributed by atoms with Crippen molar-refractivity contribution < 1.29 is 24.4 Å². The Morgan fingerprint density at radius 2 is 1.67 bits per heavy atom. The fraction of sp³-hybridized carbons (Fsp3) is 0.833. The van der Waals surface area contributed by atoms with E-state index in [4.69, 9.17) is 24.4 Å². The zero-order valence-electron chi connectivity index (χ0n) is 14.8. The molecule has 1 aliphatic rings. The predicted octanol–water partition coefficient (Wildman–Crippen LogP) is 2.09. The molecule has 0 fully saturated rings. The molecule has 0 atom stereocenters. The minimum Gasteiger partial charge on any atom is -0.478 e. The molecule has 6 heteroatoms. The number of aliphatic hydroxyl groups is 2. The van der Waals surface area contributed by atoms with E-state index in [2.05, 4.69) is 11.6 Å². The van der Waals surface area contributed by atoms with E-state index in [1.165, 1.54) is 25.7 Å². The lowest BCUT2D eigenvalue weighted by Crippen LogP contribution is -2.40. The third kappa shape index (κ3) is 8.78. The number of aliphatic hydroxyl groups excluding tert-OH is 2. The molecule has 2 N–H and O–H groups in total. The Bertz CT molecular complexity index is 349. The van der Waals surface area contributed by atoms with Crippen LogP contribution >= 0.6 is 0 Å². The first-order chi connectivity index (χ1) is 11.8. The molecule has 0 aromatic heterocycles. The number of unbranched alkanes of at least 4 members (excludes halogenated alkanes) is 5. The topological polar surface area (TPSA) is 80.5 Å². The van der Waals surface area contributed by atoms with Crippen LogP contribution in [0.4, 0.5) is 0 Å². The van der Waals surface area contributed by atoms with Crippen LogP contribution in [0.25, 0.3) is 0 Å². The number of nitrogens with zero attached hydrogens (tertiary/aromatic N) is 1. The summed E-state index contributed by atoms with van der Waals surface area (Å²) < 4.78 is 16.6. The van der Waals surface area contributed by atoms with Crippen molar-refractivity contribution in [3.8, 4) is 0 Å². The predicted molar refractivity (Wildman–Crippen MR) is 94.4 cm³/mol. The van der Waals surface area contributed by atoms with E-state index in [-0.39, 0.29) is 26.4 Å². The van der Waals surface area contributed by atoms with E-state index in [1.54, 1.807) is 0 Å². The highest BCUT2D eigenvalue weighted by atomic mass is 16.5. The van der Waals surface area contributed by atoms with Crippen molar-refractivity contribution >= 4 is 5.90 Å². The fourth-order valence-electron chi connectivity index (χ4n) is 2.61. The van der Waals surface area contributed by atoms with Crippen LogP contribution in [0.15, 0.2) is 17.6 Å². The van der Waals surface area contributed by atoms with Crippen molar-refractivity contribution in [2.75, 3.05) is 46.2 Å². The average Bonchev–Trinajstić information content (AvgIpc) is 2.98. The molecular formula is C18H33NO5. The van der Waals surface area contributed by atoms with Gasteiger partial charge in [0.25, 0.3) is 0 Å². The summed E-state index contributed by atoms with van der Waals surface area (Å²) >= 11 is 0. The molecule has 0 aromatic rings. The SMILES string of the molecule is C=CCCCCCCCC1=NC(COCCO)(COCCO)CO1. The Balaban J connectivity index is 2.33. The van der Waals surface area contributed by atoms with Gasteiger partial charge in [-0.25, -0.2) is 4.99 Å². The van der Waals surface area contributed by atoms with E-state index in [0.717, 1.165) is 25.2 Å². The summed E-state index contributed by atoms with van der Waals surface area (Å²) in [5.74, 6) is 0.765. The zero-order valence-corrected chi connectivity index (χ0v) is 14.8. The largest absolute Gasteiger partial charge is 0.478 e. The average molecular weight is 343 g/mol. The maximum Gasteiger partial charge on any atom is 0.184 e. The number of hydrogen-bond acceptors (Lipinski definition) is 6. The van der Waals surface area contributed by atoms with Gasteiger partial charge in [-0.15, -0.1) is 6.58 Å². The maximum atomic E-state index is 8.85. The second-order valence-corrected chi connectivity index (χ2v) is 6.17. The molecule has 1 heterocycles. The normalized spacial score (nSPS) is 16.0. The van der Waals surface area contributed by atoms with Crippen LogP contribution in [0.5, 0.6) is 0 Å². The molecule has 24 heavy (non-hydrogen) atoms. The highest BCUT2D eigenvalue weighted by Crippen LogP contribution is 2.23. The summed E-state index contributed by atoms with van der Waals surface area (Å²) in [7, 11) is 0. The van der Waals surface area contributed by atoms with E-state index in [9.17, 15) is 0 Å². The summed E-state index contributed by atoms with van der Waals surface area (Å²) in [4.78, 5) is 4.68.